The second-order valence-electron chi connectivity index (χ2n) is 9.54. The summed E-state index contributed by atoms with van der Waals surface area (Å²) in [6.07, 6.45) is 0.859. The Kier molecular flexibility index (Phi) is 7.81. The lowest BCUT2D eigenvalue weighted by Crippen LogP contribution is -2.48. The van der Waals surface area contributed by atoms with Crippen molar-refractivity contribution in [3.05, 3.63) is 65.2 Å². The number of ether oxygens (including phenoxy) is 1. The van der Waals surface area contributed by atoms with Crippen molar-refractivity contribution in [3.63, 3.8) is 0 Å². The van der Waals surface area contributed by atoms with Crippen molar-refractivity contribution in [1.82, 2.24) is 15.5 Å². The Morgan fingerprint density at radius 2 is 1.76 bits per heavy atom. The zero-order valence-electron chi connectivity index (χ0n) is 20.1. The van der Waals surface area contributed by atoms with E-state index in [-0.39, 0.29) is 30.2 Å². The van der Waals surface area contributed by atoms with Gasteiger partial charge >= 0.3 is 6.09 Å². The molecule has 0 radical (unpaired) electrons. The number of amides is 3. The number of aromatic hydroxyl groups is 1. The molecule has 0 saturated heterocycles. The summed E-state index contributed by atoms with van der Waals surface area (Å²) in [5, 5.41) is 15.4. The van der Waals surface area contributed by atoms with E-state index in [1.54, 1.807) is 44.7 Å². The van der Waals surface area contributed by atoms with Crippen LogP contribution in [0.4, 0.5) is 4.79 Å². The fraction of sp³-hybridized carbons (Fsp3) is 0.423. The maximum atomic E-state index is 13.4. The van der Waals surface area contributed by atoms with Crippen molar-refractivity contribution in [1.29, 1.82) is 0 Å². The van der Waals surface area contributed by atoms with E-state index in [1.165, 1.54) is 6.07 Å². The van der Waals surface area contributed by atoms with Crippen LogP contribution in [0.15, 0.2) is 48.5 Å². The summed E-state index contributed by atoms with van der Waals surface area (Å²) in [6, 6.07) is 13.4. The van der Waals surface area contributed by atoms with Crippen molar-refractivity contribution >= 4 is 17.9 Å². The number of nitrogens with one attached hydrogen (secondary N) is 2. The molecule has 8 heteroatoms. The van der Waals surface area contributed by atoms with Gasteiger partial charge in [0.1, 0.15) is 23.9 Å². The van der Waals surface area contributed by atoms with E-state index in [2.05, 4.69) is 10.6 Å². The quantitative estimate of drug-likeness (QED) is 0.550. The van der Waals surface area contributed by atoms with E-state index >= 15 is 0 Å². The Balaban J connectivity index is 1.82. The monoisotopic (exact) mass is 467 g/mol. The van der Waals surface area contributed by atoms with E-state index in [4.69, 9.17) is 4.74 Å². The summed E-state index contributed by atoms with van der Waals surface area (Å²) in [7, 11) is 0. The first-order chi connectivity index (χ1) is 16.0. The molecule has 0 aromatic heterocycles. The van der Waals surface area contributed by atoms with Gasteiger partial charge in [0.15, 0.2) is 0 Å². The summed E-state index contributed by atoms with van der Waals surface area (Å²) >= 11 is 0. The molecular weight excluding hydrogens is 434 g/mol. The molecule has 0 bridgehead atoms. The number of nitrogens with zero attached hydrogens (tertiary/aromatic N) is 1. The lowest BCUT2D eigenvalue weighted by Gasteiger charge is -2.32. The fourth-order valence-electron chi connectivity index (χ4n) is 3.63. The van der Waals surface area contributed by atoms with Gasteiger partial charge in [-0.05, 0) is 69.4 Å². The summed E-state index contributed by atoms with van der Waals surface area (Å²) in [5.41, 5.74) is 1.45. The van der Waals surface area contributed by atoms with Crippen LogP contribution >= 0.6 is 0 Å². The Morgan fingerprint density at radius 3 is 2.35 bits per heavy atom. The molecule has 2 aromatic carbocycles. The number of carbonyl (C=O) groups excluding carboxylic acids is 3. The number of benzene rings is 2. The van der Waals surface area contributed by atoms with Crippen LogP contribution in [0.3, 0.4) is 0 Å². The van der Waals surface area contributed by atoms with Crippen LogP contribution in [0.1, 0.15) is 56.3 Å². The fourth-order valence-corrected chi connectivity index (χ4v) is 3.63. The van der Waals surface area contributed by atoms with Gasteiger partial charge in [-0.25, -0.2) is 4.79 Å². The molecule has 2 aromatic rings. The van der Waals surface area contributed by atoms with Gasteiger partial charge in [-0.1, -0.05) is 36.4 Å². The first-order valence-corrected chi connectivity index (χ1v) is 11.4. The molecule has 34 heavy (non-hydrogen) atoms. The molecule has 1 atom stereocenters. The number of aryl methyl sites for hydroxylation is 1. The highest BCUT2D eigenvalue weighted by Gasteiger charge is 2.41. The molecule has 3 N–H and O–H groups in total. The minimum absolute atomic E-state index is 0.102. The largest absolute Gasteiger partial charge is 0.508 e. The van der Waals surface area contributed by atoms with Crippen LogP contribution in [0.2, 0.25) is 0 Å². The number of phenols is 1. The SMILES string of the molecule is Cc1cc(C(C(=O)NCc2ccccc2)N(C(=O)CNC(=O)OC(C)(C)C)C2CC2)ccc1O. The second kappa shape index (κ2) is 10.6. The normalized spacial score (nSPS) is 14.1. The van der Waals surface area contributed by atoms with Gasteiger partial charge in [-0.2, -0.15) is 0 Å². The van der Waals surface area contributed by atoms with Crippen LogP contribution in [0.5, 0.6) is 5.75 Å². The summed E-state index contributed by atoms with van der Waals surface area (Å²) in [4.78, 5) is 40.3. The molecule has 1 fully saturated rings. The molecular formula is C26H33N3O5. The van der Waals surface area contributed by atoms with Gasteiger partial charge in [0.25, 0.3) is 0 Å². The average molecular weight is 468 g/mol. The van der Waals surface area contributed by atoms with E-state index in [9.17, 15) is 19.5 Å². The molecule has 8 nitrogen and oxygen atoms in total. The molecule has 182 valence electrons. The molecule has 0 heterocycles. The Hall–Kier alpha value is -3.55. The van der Waals surface area contributed by atoms with E-state index in [1.807, 2.05) is 30.3 Å². The van der Waals surface area contributed by atoms with Crippen molar-refractivity contribution in [3.8, 4) is 5.75 Å². The Bertz CT molecular complexity index is 1030. The standard InChI is InChI=1S/C26H33N3O5/c1-17-14-19(10-13-21(17)30)23(24(32)27-15-18-8-6-5-7-9-18)29(20-11-12-20)22(31)16-28-25(33)34-26(2,3)4/h5-10,13-14,20,23,30H,11-12,15-16H2,1-4H3,(H,27,32)(H,28,33). The summed E-state index contributed by atoms with van der Waals surface area (Å²) in [5.74, 6) is -0.589. The lowest BCUT2D eigenvalue weighted by atomic mass is 10.0. The second-order valence-corrected chi connectivity index (χ2v) is 9.54. The zero-order valence-corrected chi connectivity index (χ0v) is 20.1. The number of carbonyl (C=O) groups is 3. The topological polar surface area (TPSA) is 108 Å². The van der Waals surface area contributed by atoms with Crippen molar-refractivity contribution < 1.29 is 24.2 Å². The number of hydrogen-bond donors (Lipinski definition) is 3. The molecule has 3 amide bonds. The van der Waals surface area contributed by atoms with E-state index in [0.717, 1.165) is 18.4 Å². The van der Waals surface area contributed by atoms with Gasteiger partial charge in [0.2, 0.25) is 11.8 Å². The van der Waals surface area contributed by atoms with Gasteiger partial charge in [-0.3, -0.25) is 9.59 Å². The van der Waals surface area contributed by atoms with Crippen LogP contribution < -0.4 is 10.6 Å². The summed E-state index contributed by atoms with van der Waals surface area (Å²) in [6.45, 7) is 6.99. The lowest BCUT2D eigenvalue weighted by molar-refractivity contribution is -0.141. The third kappa shape index (κ3) is 6.97. The van der Waals surface area contributed by atoms with Crippen molar-refractivity contribution in [2.75, 3.05) is 6.54 Å². The highest BCUT2D eigenvalue weighted by Crippen LogP contribution is 2.36. The smallest absolute Gasteiger partial charge is 0.408 e. The maximum absolute atomic E-state index is 13.4. The molecule has 0 aliphatic heterocycles. The van der Waals surface area contributed by atoms with Crippen molar-refractivity contribution in [2.24, 2.45) is 0 Å². The van der Waals surface area contributed by atoms with Crippen LogP contribution in [-0.4, -0.2) is 46.1 Å². The van der Waals surface area contributed by atoms with Gasteiger partial charge in [-0.15, -0.1) is 0 Å². The predicted octanol–water partition coefficient (Wildman–Crippen LogP) is 3.57. The Labute approximate surface area is 200 Å². The number of hydrogen-bond acceptors (Lipinski definition) is 5. The highest BCUT2D eigenvalue weighted by molar-refractivity contribution is 5.91. The summed E-state index contributed by atoms with van der Waals surface area (Å²) < 4.78 is 5.23. The van der Waals surface area contributed by atoms with Crippen LogP contribution in [0.25, 0.3) is 0 Å². The number of phenolic OH excluding ortho intramolecular Hbond substituents is 1. The average Bonchev–Trinajstić information content (AvgIpc) is 3.61. The van der Waals surface area contributed by atoms with E-state index < -0.39 is 17.7 Å². The minimum Gasteiger partial charge on any atom is -0.508 e. The van der Waals surface area contributed by atoms with Crippen LogP contribution in [0, 0.1) is 6.92 Å². The molecule has 1 unspecified atom stereocenters. The first kappa shape index (κ1) is 25.1. The number of alkyl carbamates (subject to hydrolysis) is 1. The Morgan fingerprint density at radius 1 is 1.09 bits per heavy atom. The van der Waals surface area contributed by atoms with Gasteiger partial charge in [0, 0.05) is 12.6 Å². The maximum Gasteiger partial charge on any atom is 0.408 e. The minimum atomic E-state index is -0.900. The highest BCUT2D eigenvalue weighted by atomic mass is 16.6. The van der Waals surface area contributed by atoms with E-state index in [0.29, 0.717) is 17.7 Å². The third-order valence-corrected chi connectivity index (χ3v) is 5.38. The molecule has 1 saturated carbocycles. The molecule has 1 aliphatic rings. The first-order valence-electron chi connectivity index (χ1n) is 11.4. The van der Waals surface area contributed by atoms with Gasteiger partial charge < -0.3 is 25.4 Å². The van der Waals surface area contributed by atoms with Crippen LogP contribution in [-0.2, 0) is 20.9 Å². The molecule has 0 spiro atoms. The van der Waals surface area contributed by atoms with Gasteiger partial charge in [0.05, 0.1) is 0 Å². The molecule has 3 rings (SSSR count). The molecule has 1 aliphatic carbocycles. The van der Waals surface area contributed by atoms with Crippen molar-refractivity contribution in [2.45, 2.75) is 64.8 Å². The zero-order chi connectivity index (χ0) is 24.9. The third-order valence-electron chi connectivity index (χ3n) is 5.38. The number of rotatable bonds is 8. The predicted molar refractivity (Wildman–Crippen MR) is 128 cm³/mol.